The van der Waals surface area contributed by atoms with Crippen molar-refractivity contribution in [3.05, 3.63) is 0 Å². The van der Waals surface area contributed by atoms with Crippen LogP contribution in [0.15, 0.2) is 0 Å². The van der Waals surface area contributed by atoms with E-state index in [2.05, 4.69) is 25.9 Å². The van der Waals surface area contributed by atoms with Crippen LogP contribution >= 0.6 is 0 Å². The van der Waals surface area contributed by atoms with E-state index in [-0.39, 0.29) is 60.6 Å². The average molecular weight is 555 g/mol. The first-order valence-electron chi connectivity index (χ1n) is 8.05. The fourth-order valence-electron chi connectivity index (χ4n) is 1.57. The van der Waals surface area contributed by atoms with Crippen LogP contribution in [-0.4, -0.2) is 79.8 Å². The summed E-state index contributed by atoms with van der Waals surface area (Å²) in [6.45, 7) is 11.4. The van der Waals surface area contributed by atoms with Crippen LogP contribution in [-0.2, 0) is 9.59 Å². The Hall–Kier alpha value is 0.479. The van der Waals surface area contributed by atoms with Crippen molar-refractivity contribution in [1.29, 1.82) is 0 Å². The molecule has 0 unspecified atom stereocenters. The zero-order valence-corrected chi connectivity index (χ0v) is 20.0. The predicted octanol–water partition coefficient (Wildman–Crippen LogP) is 1.49. The summed E-state index contributed by atoms with van der Waals surface area (Å²) in [4.78, 5) is 28.1. The molecule has 0 aromatic carbocycles. The SMILES string of the molecule is C[Te]C(C)(C)C(=O)NCCCNCCCNC(=O)C(C)(C)[Te]C. The van der Waals surface area contributed by atoms with E-state index in [9.17, 15) is 9.59 Å². The second kappa shape index (κ2) is 11.9. The van der Waals surface area contributed by atoms with Gasteiger partial charge in [0.05, 0.1) is 0 Å². The van der Waals surface area contributed by atoms with Crippen LogP contribution in [0.4, 0.5) is 0 Å². The van der Waals surface area contributed by atoms with E-state index < -0.39 is 0 Å². The molecule has 23 heavy (non-hydrogen) atoms. The minimum atomic E-state index is -0.262. The van der Waals surface area contributed by atoms with Crippen molar-refractivity contribution in [2.24, 2.45) is 0 Å². The van der Waals surface area contributed by atoms with Crippen molar-refractivity contribution in [2.45, 2.75) is 57.4 Å². The molecule has 7 heteroatoms. The van der Waals surface area contributed by atoms with Crippen molar-refractivity contribution in [1.82, 2.24) is 16.0 Å². The Morgan fingerprint density at radius 1 is 0.739 bits per heavy atom. The van der Waals surface area contributed by atoms with Gasteiger partial charge in [-0.1, -0.05) is 0 Å². The van der Waals surface area contributed by atoms with Gasteiger partial charge in [0.2, 0.25) is 0 Å². The number of hydrogen-bond acceptors (Lipinski definition) is 3. The normalized spacial score (nSPS) is 12.1. The van der Waals surface area contributed by atoms with Crippen molar-refractivity contribution < 1.29 is 9.59 Å². The minimum absolute atomic E-state index is 0.147. The molecule has 0 aliphatic rings. The molecule has 0 fully saturated rings. The maximum atomic E-state index is 11.9. The van der Waals surface area contributed by atoms with E-state index in [4.69, 9.17) is 0 Å². The molecule has 0 saturated heterocycles. The Morgan fingerprint density at radius 3 is 1.39 bits per heavy atom. The van der Waals surface area contributed by atoms with Crippen molar-refractivity contribution in [2.75, 3.05) is 26.2 Å². The third-order valence-corrected chi connectivity index (χ3v) is 10.6. The van der Waals surface area contributed by atoms with Gasteiger partial charge in [-0.3, -0.25) is 0 Å². The Kier molecular flexibility index (Phi) is 12.2. The summed E-state index contributed by atoms with van der Waals surface area (Å²) >= 11 is -0.524. The summed E-state index contributed by atoms with van der Waals surface area (Å²) in [7, 11) is 0. The van der Waals surface area contributed by atoms with Gasteiger partial charge in [0, 0.05) is 0 Å². The standard InChI is InChI=1S/C16H33N3O2Te2/c1-15(2,22-5)13(20)18-11-7-9-17-10-8-12-19-14(21)16(3,4)23-6/h17H,7-12H2,1-6H3,(H,18,20)(H,19,21). The number of hydrogen-bond donors (Lipinski definition) is 3. The van der Waals surface area contributed by atoms with Gasteiger partial charge in [0.25, 0.3) is 0 Å². The predicted molar refractivity (Wildman–Crippen MR) is 99.4 cm³/mol. The van der Waals surface area contributed by atoms with E-state index >= 15 is 0 Å². The molecule has 0 atom stereocenters. The second-order valence-corrected chi connectivity index (χ2v) is 14.6. The van der Waals surface area contributed by atoms with Crippen LogP contribution in [0.2, 0.25) is 16.9 Å². The van der Waals surface area contributed by atoms with E-state index in [1.807, 2.05) is 27.7 Å². The van der Waals surface area contributed by atoms with Gasteiger partial charge in [-0.05, 0) is 0 Å². The third-order valence-electron chi connectivity index (χ3n) is 3.75. The molecule has 0 spiro atoms. The van der Waals surface area contributed by atoms with Gasteiger partial charge in [-0.15, -0.1) is 0 Å². The summed E-state index contributed by atoms with van der Waals surface area (Å²) < 4.78 is -0.294. The van der Waals surface area contributed by atoms with Crippen LogP contribution in [0.1, 0.15) is 40.5 Å². The monoisotopic (exact) mass is 559 g/mol. The zero-order valence-electron chi connectivity index (χ0n) is 15.4. The molecule has 3 N–H and O–H groups in total. The molecule has 0 radical (unpaired) electrons. The number of rotatable bonds is 12. The van der Waals surface area contributed by atoms with Crippen LogP contribution in [0.3, 0.4) is 0 Å². The van der Waals surface area contributed by atoms with E-state index in [0.29, 0.717) is 0 Å². The van der Waals surface area contributed by atoms with Crippen LogP contribution in [0, 0.1) is 0 Å². The third kappa shape index (κ3) is 10.1. The molecule has 5 nitrogen and oxygen atoms in total. The van der Waals surface area contributed by atoms with Crippen molar-refractivity contribution >= 4 is 53.7 Å². The van der Waals surface area contributed by atoms with Gasteiger partial charge in [0.15, 0.2) is 0 Å². The Labute approximate surface area is 162 Å². The van der Waals surface area contributed by atoms with E-state index in [0.717, 1.165) is 39.0 Å². The number of amides is 2. The van der Waals surface area contributed by atoms with Gasteiger partial charge >= 0.3 is 163 Å². The first-order valence-corrected chi connectivity index (χ1v) is 15.0. The topological polar surface area (TPSA) is 70.2 Å². The quantitative estimate of drug-likeness (QED) is 0.253. The van der Waals surface area contributed by atoms with Gasteiger partial charge in [-0.25, -0.2) is 0 Å². The molecule has 0 aliphatic heterocycles. The number of carbonyl (C=O) groups is 2. The fourth-order valence-corrected chi connectivity index (χ4v) is 3.04. The molecule has 0 aliphatic carbocycles. The van der Waals surface area contributed by atoms with Gasteiger partial charge in [-0.2, -0.15) is 0 Å². The molecule has 0 aromatic rings. The Morgan fingerprint density at radius 2 is 1.09 bits per heavy atom. The molecule has 2 amide bonds. The summed E-state index contributed by atoms with van der Waals surface area (Å²) in [5.74, 6) is 0.374. The zero-order chi connectivity index (χ0) is 17.9. The van der Waals surface area contributed by atoms with Gasteiger partial charge < -0.3 is 0 Å². The molecular formula is C16H33N3O2Te2. The Bertz CT molecular complexity index is 340. The average Bonchev–Trinajstić information content (AvgIpc) is 2.52. The maximum absolute atomic E-state index is 11.9. The summed E-state index contributed by atoms with van der Waals surface area (Å²) in [5, 5.41) is 9.38. The van der Waals surface area contributed by atoms with Gasteiger partial charge in [0.1, 0.15) is 0 Å². The van der Waals surface area contributed by atoms with Crippen molar-refractivity contribution in [3.8, 4) is 0 Å². The first kappa shape index (κ1) is 23.5. The van der Waals surface area contributed by atoms with E-state index in [1.54, 1.807) is 0 Å². The van der Waals surface area contributed by atoms with Crippen LogP contribution in [0.25, 0.3) is 0 Å². The van der Waals surface area contributed by atoms with Crippen LogP contribution in [0.5, 0.6) is 0 Å². The molecule has 0 heterocycles. The second-order valence-electron chi connectivity index (χ2n) is 6.40. The molecule has 0 aromatic heterocycles. The fraction of sp³-hybridized carbons (Fsp3) is 0.875. The summed E-state index contributed by atoms with van der Waals surface area (Å²) in [6, 6.07) is 0. The van der Waals surface area contributed by atoms with Crippen molar-refractivity contribution in [3.63, 3.8) is 0 Å². The summed E-state index contributed by atoms with van der Waals surface area (Å²) in [5.41, 5.74) is 0. The molecule has 0 bridgehead atoms. The summed E-state index contributed by atoms with van der Waals surface area (Å²) in [6.07, 6.45) is 1.87. The molecule has 0 saturated carbocycles. The van der Waals surface area contributed by atoms with Crippen LogP contribution < -0.4 is 16.0 Å². The molecule has 136 valence electrons. The van der Waals surface area contributed by atoms with E-state index in [1.165, 1.54) is 0 Å². The number of nitrogens with one attached hydrogen (secondary N) is 3. The molecule has 0 rings (SSSR count). The molecular weight excluding hydrogens is 521 g/mol. The number of carbonyl (C=O) groups excluding carboxylic acids is 2. The Balaban J connectivity index is 3.55. The first-order chi connectivity index (χ1) is 10.7.